The van der Waals surface area contributed by atoms with E-state index in [0.717, 1.165) is 18.9 Å². The summed E-state index contributed by atoms with van der Waals surface area (Å²) in [5.74, 6) is -0.0401. The molecular weight excluding hydrogens is 475 g/mol. The van der Waals surface area contributed by atoms with E-state index in [0.29, 0.717) is 40.6 Å². The fourth-order valence-electron chi connectivity index (χ4n) is 3.44. The minimum Gasteiger partial charge on any atom is -0.397 e. The van der Waals surface area contributed by atoms with Crippen molar-refractivity contribution >= 4 is 33.3 Å². The van der Waals surface area contributed by atoms with Crippen molar-refractivity contribution in [1.29, 1.82) is 0 Å². The van der Waals surface area contributed by atoms with Crippen molar-refractivity contribution in [3.05, 3.63) is 45.8 Å². The second kappa shape index (κ2) is 9.42. The molecule has 0 saturated carbocycles. The third-order valence-corrected chi connectivity index (χ3v) is 6.15. The summed E-state index contributed by atoms with van der Waals surface area (Å²) >= 11 is 3.25. The number of alkyl halides is 3. The van der Waals surface area contributed by atoms with Crippen molar-refractivity contribution in [2.45, 2.75) is 45.3 Å². The Morgan fingerprint density at radius 1 is 1.26 bits per heavy atom. The lowest BCUT2D eigenvalue weighted by Crippen LogP contribution is -2.35. The van der Waals surface area contributed by atoms with Gasteiger partial charge in [-0.2, -0.15) is 13.2 Å². The van der Waals surface area contributed by atoms with Gasteiger partial charge in [-0.1, -0.05) is 13.0 Å². The Bertz CT molecular complexity index is 945. The molecule has 3 rings (SSSR count). The van der Waals surface area contributed by atoms with Gasteiger partial charge in [-0.25, -0.2) is 9.97 Å². The van der Waals surface area contributed by atoms with E-state index in [9.17, 15) is 18.0 Å². The summed E-state index contributed by atoms with van der Waals surface area (Å²) in [6, 6.07) is 5.68. The molecule has 0 spiro atoms. The number of carbonyl (C=O) groups excluding carboxylic acids is 1. The van der Waals surface area contributed by atoms with Crippen LogP contribution in [0.25, 0.3) is 0 Å². The summed E-state index contributed by atoms with van der Waals surface area (Å²) in [6.45, 7) is 5.18. The van der Waals surface area contributed by atoms with E-state index in [2.05, 4.69) is 38.1 Å². The van der Waals surface area contributed by atoms with Crippen LogP contribution in [-0.4, -0.2) is 29.0 Å². The van der Waals surface area contributed by atoms with Crippen LogP contribution in [0.1, 0.15) is 49.6 Å². The van der Waals surface area contributed by atoms with E-state index in [1.807, 2.05) is 4.90 Å². The van der Waals surface area contributed by atoms with E-state index in [4.69, 9.17) is 5.73 Å². The third-order valence-electron chi connectivity index (χ3n) is 5.52. The zero-order chi connectivity index (χ0) is 22.8. The molecule has 0 bridgehead atoms. The smallest absolute Gasteiger partial charge is 0.397 e. The summed E-state index contributed by atoms with van der Waals surface area (Å²) in [5, 5.41) is 2.80. The predicted octanol–water partition coefficient (Wildman–Crippen LogP) is 4.50. The Morgan fingerprint density at radius 2 is 1.94 bits per heavy atom. The Kier molecular flexibility index (Phi) is 7.08. The summed E-state index contributed by atoms with van der Waals surface area (Å²) in [6.07, 6.45) is -2.75. The Hall–Kier alpha value is -2.36. The number of hydrogen-bond acceptors (Lipinski definition) is 5. The summed E-state index contributed by atoms with van der Waals surface area (Å²) in [7, 11) is 0. The van der Waals surface area contributed by atoms with Crippen molar-refractivity contribution in [1.82, 2.24) is 15.3 Å². The first-order valence-electron chi connectivity index (χ1n) is 10.1. The van der Waals surface area contributed by atoms with Crippen LogP contribution < -0.4 is 16.0 Å². The summed E-state index contributed by atoms with van der Waals surface area (Å²) in [4.78, 5) is 22.7. The molecule has 10 heteroatoms. The van der Waals surface area contributed by atoms with Gasteiger partial charge in [-0.15, -0.1) is 0 Å². The number of nitrogens with zero attached hydrogens (tertiary/aromatic N) is 3. The van der Waals surface area contributed by atoms with Gasteiger partial charge in [0.05, 0.1) is 17.3 Å². The van der Waals surface area contributed by atoms with Crippen molar-refractivity contribution in [2.24, 2.45) is 5.92 Å². The molecular formula is C21H25BrF3N5O. The zero-order valence-corrected chi connectivity index (χ0v) is 18.9. The Morgan fingerprint density at radius 3 is 2.55 bits per heavy atom. The second-order valence-corrected chi connectivity index (χ2v) is 8.65. The Labute approximate surface area is 187 Å². The number of pyridine rings is 2. The van der Waals surface area contributed by atoms with Crippen molar-refractivity contribution in [3.8, 4) is 0 Å². The van der Waals surface area contributed by atoms with Gasteiger partial charge in [0.25, 0.3) is 0 Å². The minimum absolute atomic E-state index is 0.0752. The van der Waals surface area contributed by atoms with Gasteiger partial charge in [-0.05, 0) is 59.8 Å². The highest BCUT2D eigenvalue weighted by Gasteiger charge is 2.34. The molecule has 31 heavy (non-hydrogen) atoms. The van der Waals surface area contributed by atoms with Gasteiger partial charge in [0, 0.05) is 25.2 Å². The minimum atomic E-state index is -4.53. The average Bonchev–Trinajstić information content (AvgIpc) is 2.73. The molecule has 3 N–H and O–H groups in total. The van der Waals surface area contributed by atoms with Crippen LogP contribution in [0, 0.1) is 5.92 Å². The van der Waals surface area contributed by atoms with E-state index in [1.165, 1.54) is 6.07 Å². The molecule has 2 aromatic rings. The predicted molar refractivity (Wildman–Crippen MR) is 116 cm³/mol. The Balaban J connectivity index is 1.78. The van der Waals surface area contributed by atoms with E-state index < -0.39 is 17.8 Å². The number of nitrogen functional groups attached to an aromatic ring is 1. The number of carbonyl (C=O) groups is 1. The molecule has 0 radical (unpaired) electrons. The molecule has 1 unspecified atom stereocenters. The number of piperidine rings is 1. The van der Waals surface area contributed by atoms with Gasteiger partial charge in [0.2, 0.25) is 5.91 Å². The highest BCUT2D eigenvalue weighted by atomic mass is 79.9. The maximum Gasteiger partial charge on any atom is 0.433 e. The van der Waals surface area contributed by atoms with Crippen LogP contribution in [-0.2, 0) is 17.5 Å². The normalized spacial score (nSPS) is 16.3. The molecule has 0 aliphatic carbocycles. The number of halogens is 4. The quantitative estimate of drug-likeness (QED) is 0.591. The summed E-state index contributed by atoms with van der Waals surface area (Å²) in [5.41, 5.74) is 6.36. The van der Waals surface area contributed by atoms with E-state index in [-0.39, 0.29) is 18.3 Å². The highest BCUT2D eigenvalue weighted by Crippen LogP contribution is 2.32. The molecule has 3 heterocycles. The molecule has 1 saturated heterocycles. The molecule has 2 aromatic heterocycles. The number of hydrogen-bond donors (Lipinski definition) is 2. The van der Waals surface area contributed by atoms with Gasteiger partial charge in [0.15, 0.2) is 0 Å². The second-order valence-electron chi connectivity index (χ2n) is 7.90. The first kappa shape index (κ1) is 23.3. The lowest BCUT2D eigenvalue weighted by atomic mass is 9.99. The maximum absolute atomic E-state index is 13.2. The standard InChI is InChI=1S/C21H25BrF3N5O/c1-12-7-9-30(10-8-12)19-14(3-6-17(29-19)21(23,24)25)11-27-20(31)13(2)16-5-4-15(26)18(22)28-16/h3-6,12-13H,7-11,26H2,1-2H3,(H,27,31). The van der Waals surface area contributed by atoms with Gasteiger partial charge >= 0.3 is 6.18 Å². The van der Waals surface area contributed by atoms with Gasteiger partial charge in [-0.3, -0.25) is 4.79 Å². The monoisotopic (exact) mass is 499 g/mol. The van der Waals surface area contributed by atoms with Crippen LogP contribution in [0.2, 0.25) is 0 Å². The number of nitrogens with two attached hydrogens (primary N) is 1. The van der Waals surface area contributed by atoms with Gasteiger partial charge in [0.1, 0.15) is 16.1 Å². The first-order chi connectivity index (χ1) is 14.6. The molecule has 1 aliphatic heterocycles. The van der Waals surface area contributed by atoms with Crippen molar-refractivity contribution < 1.29 is 18.0 Å². The fraction of sp³-hybridized carbons (Fsp3) is 0.476. The van der Waals surface area contributed by atoms with Crippen LogP contribution in [0.4, 0.5) is 24.7 Å². The lowest BCUT2D eigenvalue weighted by Gasteiger charge is -2.33. The lowest BCUT2D eigenvalue weighted by molar-refractivity contribution is -0.141. The van der Waals surface area contributed by atoms with Crippen molar-refractivity contribution in [2.75, 3.05) is 23.7 Å². The largest absolute Gasteiger partial charge is 0.433 e. The molecule has 0 aromatic carbocycles. The SMILES string of the molecule is CC1CCN(c2nc(C(F)(F)F)ccc2CNC(=O)C(C)c2ccc(N)c(Br)n2)CC1. The fourth-order valence-corrected chi connectivity index (χ4v) is 3.77. The summed E-state index contributed by atoms with van der Waals surface area (Å²) < 4.78 is 40.1. The molecule has 1 amide bonds. The molecule has 168 valence electrons. The van der Waals surface area contributed by atoms with Crippen LogP contribution in [0.15, 0.2) is 28.9 Å². The number of aromatic nitrogens is 2. The number of rotatable bonds is 5. The molecule has 6 nitrogen and oxygen atoms in total. The van der Waals surface area contributed by atoms with Crippen LogP contribution >= 0.6 is 15.9 Å². The van der Waals surface area contributed by atoms with Crippen LogP contribution in [0.3, 0.4) is 0 Å². The average molecular weight is 500 g/mol. The van der Waals surface area contributed by atoms with Gasteiger partial charge < -0.3 is 16.0 Å². The number of amides is 1. The topological polar surface area (TPSA) is 84.1 Å². The number of anilines is 2. The molecule has 1 fully saturated rings. The van der Waals surface area contributed by atoms with Crippen molar-refractivity contribution in [3.63, 3.8) is 0 Å². The highest BCUT2D eigenvalue weighted by molar-refractivity contribution is 9.10. The molecule has 1 atom stereocenters. The third kappa shape index (κ3) is 5.66. The molecule has 1 aliphatic rings. The van der Waals surface area contributed by atoms with E-state index in [1.54, 1.807) is 19.1 Å². The zero-order valence-electron chi connectivity index (χ0n) is 17.3. The van der Waals surface area contributed by atoms with E-state index >= 15 is 0 Å². The number of nitrogens with one attached hydrogen (secondary N) is 1. The first-order valence-corrected chi connectivity index (χ1v) is 10.9. The van der Waals surface area contributed by atoms with Crippen LogP contribution in [0.5, 0.6) is 0 Å². The maximum atomic E-state index is 13.2.